The molecule has 0 fully saturated rings. The van der Waals surface area contributed by atoms with Crippen LogP contribution in [0, 0.1) is 0 Å². The molecule has 0 aromatic heterocycles. The smallest absolute Gasteiger partial charge is 0.404 e. The molecule has 100 valence electrons. The number of carbonyl (C=O) groups is 2. The Kier molecular flexibility index (Phi) is 10.1. The summed E-state index contributed by atoms with van der Waals surface area (Å²) in [4.78, 5) is 20.5. The summed E-state index contributed by atoms with van der Waals surface area (Å²) in [5, 5.41) is 0. The molecule has 6 nitrogen and oxygen atoms in total. The monoisotopic (exact) mass is 246 g/mol. The number of amides is 2. The number of hydrogen-bond donors (Lipinski definition) is 2. The van der Waals surface area contributed by atoms with E-state index < -0.39 is 12.2 Å². The van der Waals surface area contributed by atoms with Gasteiger partial charge in [-0.15, -0.1) is 0 Å². The van der Waals surface area contributed by atoms with Gasteiger partial charge in [-0.05, 0) is 12.8 Å². The van der Waals surface area contributed by atoms with Gasteiger partial charge in [0, 0.05) is 0 Å². The molecule has 6 heteroatoms. The van der Waals surface area contributed by atoms with Gasteiger partial charge in [0.15, 0.2) is 0 Å². The Bertz CT molecular complexity index is 200. The van der Waals surface area contributed by atoms with Gasteiger partial charge in [0.1, 0.15) is 0 Å². The van der Waals surface area contributed by atoms with E-state index in [1.807, 2.05) is 0 Å². The molecule has 2 amide bonds. The molecule has 0 aromatic carbocycles. The van der Waals surface area contributed by atoms with Crippen LogP contribution in [0.15, 0.2) is 0 Å². The first kappa shape index (κ1) is 15.5. The third-order valence-electron chi connectivity index (χ3n) is 2.28. The van der Waals surface area contributed by atoms with Crippen molar-refractivity contribution in [3.05, 3.63) is 0 Å². The van der Waals surface area contributed by atoms with Gasteiger partial charge in [0.2, 0.25) is 0 Å². The predicted molar refractivity (Wildman–Crippen MR) is 63.4 cm³/mol. The average molecular weight is 246 g/mol. The van der Waals surface area contributed by atoms with Crippen LogP contribution >= 0.6 is 0 Å². The first-order valence-corrected chi connectivity index (χ1v) is 5.97. The van der Waals surface area contributed by atoms with Crippen molar-refractivity contribution in [2.75, 3.05) is 13.2 Å². The first-order valence-electron chi connectivity index (χ1n) is 5.97. The molecule has 0 saturated carbocycles. The maximum Gasteiger partial charge on any atom is 0.404 e. The normalized spacial score (nSPS) is 9.88. The minimum Gasteiger partial charge on any atom is -0.450 e. The quantitative estimate of drug-likeness (QED) is 0.574. The average Bonchev–Trinajstić information content (AvgIpc) is 2.25. The van der Waals surface area contributed by atoms with Crippen molar-refractivity contribution in [2.45, 2.75) is 44.9 Å². The highest BCUT2D eigenvalue weighted by molar-refractivity contribution is 5.64. The zero-order valence-electron chi connectivity index (χ0n) is 10.2. The lowest BCUT2D eigenvalue weighted by atomic mass is 10.1. The maximum absolute atomic E-state index is 10.2. The zero-order valence-corrected chi connectivity index (χ0v) is 10.2. The second-order valence-electron chi connectivity index (χ2n) is 3.81. The maximum atomic E-state index is 10.2. The molecule has 4 N–H and O–H groups in total. The van der Waals surface area contributed by atoms with Gasteiger partial charge in [-0.1, -0.05) is 32.1 Å². The van der Waals surface area contributed by atoms with E-state index in [0.29, 0.717) is 13.2 Å². The van der Waals surface area contributed by atoms with E-state index in [1.54, 1.807) is 0 Å². The van der Waals surface area contributed by atoms with Crippen LogP contribution in [0.1, 0.15) is 44.9 Å². The van der Waals surface area contributed by atoms with E-state index >= 15 is 0 Å². The number of nitrogens with two attached hydrogens (primary N) is 2. The van der Waals surface area contributed by atoms with Crippen LogP contribution in [0.2, 0.25) is 0 Å². The number of unbranched alkanes of at least 4 members (excludes halogenated alkanes) is 6. The van der Waals surface area contributed by atoms with Crippen molar-refractivity contribution in [3.63, 3.8) is 0 Å². The van der Waals surface area contributed by atoms with Gasteiger partial charge < -0.3 is 20.9 Å². The highest BCUT2D eigenvalue weighted by Gasteiger charge is 1.96. The lowest BCUT2D eigenvalue weighted by Gasteiger charge is -2.03. The van der Waals surface area contributed by atoms with Crippen molar-refractivity contribution >= 4 is 12.2 Å². The van der Waals surface area contributed by atoms with Gasteiger partial charge in [-0.25, -0.2) is 9.59 Å². The lowest BCUT2D eigenvalue weighted by molar-refractivity contribution is 0.154. The third kappa shape index (κ3) is 14.5. The molecule has 0 aromatic rings. The van der Waals surface area contributed by atoms with Crippen LogP contribution in [0.4, 0.5) is 9.59 Å². The summed E-state index contributed by atoms with van der Waals surface area (Å²) in [7, 11) is 0. The van der Waals surface area contributed by atoms with Crippen molar-refractivity contribution in [1.29, 1.82) is 0 Å². The molecule has 0 aliphatic heterocycles. The molecule has 0 spiro atoms. The Balaban J connectivity index is 2.98. The van der Waals surface area contributed by atoms with E-state index in [2.05, 4.69) is 9.47 Å². The summed E-state index contributed by atoms with van der Waals surface area (Å²) in [6.07, 6.45) is 5.71. The third-order valence-corrected chi connectivity index (χ3v) is 2.28. The minimum atomic E-state index is -0.709. The zero-order chi connectivity index (χ0) is 12.9. The molecule has 0 bridgehead atoms. The van der Waals surface area contributed by atoms with E-state index in [4.69, 9.17) is 11.5 Å². The summed E-state index contributed by atoms with van der Waals surface area (Å²) in [6, 6.07) is 0. The number of carbonyl (C=O) groups excluding carboxylic acids is 2. The van der Waals surface area contributed by atoms with Crippen LogP contribution in [0.3, 0.4) is 0 Å². The molecule has 0 heterocycles. The second-order valence-corrected chi connectivity index (χ2v) is 3.81. The fourth-order valence-corrected chi connectivity index (χ4v) is 1.43. The Hall–Kier alpha value is -1.46. The van der Waals surface area contributed by atoms with Crippen LogP contribution in [0.5, 0.6) is 0 Å². The van der Waals surface area contributed by atoms with Gasteiger partial charge in [-0.3, -0.25) is 0 Å². The number of hydrogen-bond acceptors (Lipinski definition) is 4. The molecular formula is C11H22N2O4. The highest BCUT2D eigenvalue weighted by Crippen LogP contribution is 2.07. The van der Waals surface area contributed by atoms with Crippen molar-refractivity contribution < 1.29 is 19.1 Å². The summed E-state index contributed by atoms with van der Waals surface area (Å²) >= 11 is 0. The Morgan fingerprint density at radius 3 is 1.24 bits per heavy atom. The molecule has 0 rings (SSSR count). The topological polar surface area (TPSA) is 105 Å². The molecule has 17 heavy (non-hydrogen) atoms. The van der Waals surface area contributed by atoms with E-state index in [0.717, 1.165) is 44.9 Å². The van der Waals surface area contributed by atoms with Crippen molar-refractivity contribution in [1.82, 2.24) is 0 Å². The van der Waals surface area contributed by atoms with Gasteiger partial charge in [-0.2, -0.15) is 0 Å². The fourth-order valence-electron chi connectivity index (χ4n) is 1.43. The van der Waals surface area contributed by atoms with E-state index in [9.17, 15) is 9.59 Å². The number of ether oxygens (including phenoxy) is 2. The summed E-state index contributed by atoms with van der Waals surface area (Å²) in [5.74, 6) is 0. The van der Waals surface area contributed by atoms with E-state index in [1.165, 1.54) is 0 Å². The molecular weight excluding hydrogens is 224 g/mol. The number of primary amides is 2. The Morgan fingerprint density at radius 2 is 0.941 bits per heavy atom. The molecule has 0 radical (unpaired) electrons. The van der Waals surface area contributed by atoms with Gasteiger partial charge in [0.05, 0.1) is 13.2 Å². The number of rotatable bonds is 10. The van der Waals surface area contributed by atoms with Crippen molar-refractivity contribution in [3.8, 4) is 0 Å². The fraction of sp³-hybridized carbons (Fsp3) is 0.818. The van der Waals surface area contributed by atoms with Crippen LogP contribution in [0.25, 0.3) is 0 Å². The van der Waals surface area contributed by atoms with Crippen molar-refractivity contribution in [2.24, 2.45) is 11.5 Å². The summed E-state index contributed by atoms with van der Waals surface area (Å²) in [5.41, 5.74) is 9.63. The Labute approximate surface area is 102 Å². The standard InChI is InChI=1S/C11H22N2O4/c12-10(14)16-8-6-4-2-1-3-5-7-9-17-11(13)15/h1-9H2,(H2,12,14)(H2,13,15). The molecule has 0 atom stereocenters. The highest BCUT2D eigenvalue weighted by atomic mass is 16.5. The summed E-state index contributed by atoms with van der Waals surface area (Å²) < 4.78 is 9.20. The predicted octanol–water partition coefficient (Wildman–Crippen LogP) is 1.91. The molecule has 0 saturated heterocycles. The van der Waals surface area contributed by atoms with Crippen LogP contribution in [-0.4, -0.2) is 25.4 Å². The second kappa shape index (κ2) is 11.0. The SMILES string of the molecule is NC(=O)OCCCCCCCCCOC(N)=O. The lowest BCUT2D eigenvalue weighted by Crippen LogP contribution is -2.13. The van der Waals surface area contributed by atoms with Gasteiger partial charge >= 0.3 is 12.2 Å². The summed E-state index contributed by atoms with van der Waals surface area (Å²) in [6.45, 7) is 0.809. The molecule has 0 unspecified atom stereocenters. The van der Waals surface area contributed by atoms with Gasteiger partial charge in [0.25, 0.3) is 0 Å². The van der Waals surface area contributed by atoms with Crippen LogP contribution in [-0.2, 0) is 9.47 Å². The molecule has 0 aliphatic rings. The van der Waals surface area contributed by atoms with Crippen LogP contribution < -0.4 is 11.5 Å². The first-order chi connectivity index (χ1) is 8.13. The Morgan fingerprint density at radius 1 is 0.647 bits per heavy atom. The molecule has 0 aliphatic carbocycles. The minimum absolute atomic E-state index is 0.405. The van der Waals surface area contributed by atoms with E-state index in [-0.39, 0.29) is 0 Å². The largest absolute Gasteiger partial charge is 0.450 e.